The van der Waals surface area contributed by atoms with E-state index in [0.29, 0.717) is 18.4 Å². The minimum atomic E-state index is -1.08. The molecular weight excluding hydrogens is 663 g/mol. The minimum absolute atomic E-state index is 0.0425. The Hall–Kier alpha value is -5.85. The summed E-state index contributed by atoms with van der Waals surface area (Å²) in [4.78, 5) is 57.9. The molecule has 10 nitrogen and oxygen atoms in total. The van der Waals surface area contributed by atoms with Crippen LogP contribution in [0.25, 0.3) is 5.65 Å². The average molecular weight is 698 g/mol. The van der Waals surface area contributed by atoms with Gasteiger partial charge in [-0.2, -0.15) is 5.10 Å². The maximum Gasteiger partial charge on any atom is 0.338 e. The van der Waals surface area contributed by atoms with Crippen LogP contribution in [0, 0.1) is 24.4 Å². The minimum Gasteiger partial charge on any atom is -0.456 e. The number of nitrogens with one attached hydrogen (secondary N) is 2. The quantitative estimate of drug-likeness (QED) is 0.139. The van der Waals surface area contributed by atoms with E-state index in [4.69, 9.17) is 4.74 Å². The zero-order valence-electron chi connectivity index (χ0n) is 28.3. The van der Waals surface area contributed by atoms with Crippen LogP contribution < -0.4 is 10.6 Å². The standard InChI is InChI=1S/C38H34F3N5O5/c1-20-23-12-14-30(25(23)11-10-24(20)37(50)51-38(2,3)4)45-36(49)32-17-31(35(48)42-18-21-9-13-28(40)29(41)15-21)44-34-26(19-43-46(32)34)33(47)16-22-7-5-6-8-27(22)39/h5-11,13,15,17,19,30H,12,14,16,18H2,1-4H3,(H,42,48)(H,45,49)/t30-/m0/s1. The number of nitrogens with zero attached hydrogens (tertiary/aromatic N) is 3. The Kier molecular flexibility index (Phi) is 9.48. The number of halogens is 3. The van der Waals surface area contributed by atoms with Gasteiger partial charge in [0.1, 0.15) is 22.8 Å². The van der Waals surface area contributed by atoms with Crippen LogP contribution in [0.4, 0.5) is 13.2 Å². The second-order valence-corrected chi connectivity index (χ2v) is 13.3. The maximum absolute atomic E-state index is 14.4. The molecule has 51 heavy (non-hydrogen) atoms. The van der Waals surface area contributed by atoms with Gasteiger partial charge in [-0.05, 0) is 92.6 Å². The summed E-state index contributed by atoms with van der Waals surface area (Å²) >= 11 is 0. The molecule has 2 heterocycles. The van der Waals surface area contributed by atoms with Crippen LogP contribution in [0.15, 0.2) is 66.9 Å². The predicted octanol–water partition coefficient (Wildman–Crippen LogP) is 6.18. The number of fused-ring (bicyclic) bond motifs is 2. The van der Waals surface area contributed by atoms with Gasteiger partial charge in [-0.1, -0.05) is 30.3 Å². The van der Waals surface area contributed by atoms with E-state index in [1.54, 1.807) is 39.0 Å². The monoisotopic (exact) mass is 697 g/mol. The summed E-state index contributed by atoms with van der Waals surface area (Å²) in [6.45, 7) is 7.02. The lowest BCUT2D eigenvalue weighted by Crippen LogP contribution is -2.31. The number of hydrogen-bond acceptors (Lipinski definition) is 7. The third-order valence-corrected chi connectivity index (χ3v) is 8.60. The Morgan fingerprint density at radius 2 is 1.69 bits per heavy atom. The SMILES string of the molecule is Cc1c(C(=O)OC(C)(C)C)ccc2c1CC[C@@H]2NC(=O)c1cc(C(=O)NCc2ccc(F)c(F)c2)nc2c(C(=O)Cc3ccccc3F)cnn12. The van der Waals surface area contributed by atoms with E-state index in [2.05, 4.69) is 20.7 Å². The van der Waals surface area contributed by atoms with Gasteiger partial charge in [-0.15, -0.1) is 0 Å². The lowest BCUT2D eigenvalue weighted by atomic mass is 9.97. The highest BCUT2D eigenvalue weighted by atomic mass is 19.2. The number of amides is 2. The summed E-state index contributed by atoms with van der Waals surface area (Å²) in [5.41, 5.74) is 2.18. The normalized spacial score (nSPS) is 13.9. The highest BCUT2D eigenvalue weighted by molar-refractivity contribution is 6.04. The first-order valence-electron chi connectivity index (χ1n) is 16.2. The molecule has 2 N–H and O–H groups in total. The number of benzene rings is 3. The fraction of sp³-hybridized carbons (Fsp3) is 0.263. The maximum atomic E-state index is 14.4. The number of carbonyl (C=O) groups is 4. The van der Waals surface area contributed by atoms with Crippen LogP contribution in [-0.2, 0) is 24.1 Å². The van der Waals surface area contributed by atoms with Gasteiger partial charge in [-0.25, -0.2) is 27.5 Å². The number of ether oxygens (including phenoxy) is 1. The number of ketones is 1. The van der Waals surface area contributed by atoms with Gasteiger partial charge < -0.3 is 15.4 Å². The molecule has 262 valence electrons. The molecule has 1 aliphatic rings. The van der Waals surface area contributed by atoms with Crippen LogP contribution in [-0.4, -0.2) is 43.8 Å². The van der Waals surface area contributed by atoms with Gasteiger partial charge in [0.15, 0.2) is 23.1 Å². The molecule has 0 bridgehead atoms. The smallest absolute Gasteiger partial charge is 0.338 e. The number of rotatable bonds is 9. The van der Waals surface area contributed by atoms with Crippen molar-refractivity contribution in [2.24, 2.45) is 0 Å². The van der Waals surface area contributed by atoms with E-state index in [9.17, 15) is 32.3 Å². The van der Waals surface area contributed by atoms with Crippen LogP contribution in [0.2, 0.25) is 0 Å². The number of aromatic nitrogens is 3. The van der Waals surface area contributed by atoms with Crippen molar-refractivity contribution in [1.82, 2.24) is 25.2 Å². The molecule has 0 spiro atoms. The molecule has 0 saturated heterocycles. The number of esters is 1. The molecule has 2 amide bonds. The van der Waals surface area contributed by atoms with E-state index in [-0.39, 0.29) is 46.7 Å². The van der Waals surface area contributed by atoms with Crippen molar-refractivity contribution >= 4 is 29.2 Å². The second-order valence-electron chi connectivity index (χ2n) is 13.3. The average Bonchev–Trinajstić information content (AvgIpc) is 3.70. The van der Waals surface area contributed by atoms with Gasteiger partial charge in [0, 0.05) is 19.0 Å². The summed E-state index contributed by atoms with van der Waals surface area (Å²) in [6, 6.07) is 13.2. The van der Waals surface area contributed by atoms with Crippen molar-refractivity contribution in [2.75, 3.05) is 0 Å². The molecule has 0 saturated carbocycles. The zero-order chi connectivity index (χ0) is 36.6. The van der Waals surface area contributed by atoms with Crippen molar-refractivity contribution in [1.29, 1.82) is 0 Å². The summed E-state index contributed by atoms with van der Waals surface area (Å²) in [5, 5.41) is 9.82. The third kappa shape index (κ3) is 7.37. The summed E-state index contributed by atoms with van der Waals surface area (Å²) in [5.74, 6) is -5.07. The molecule has 1 atom stereocenters. The van der Waals surface area contributed by atoms with Gasteiger partial charge in [-0.3, -0.25) is 14.4 Å². The first kappa shape index (κ1) is 35.0. The number of hydrogen-bond donors (Lipinski definition) is 2. The lowest BCUT2D eigenvalue weighted by molar-refractivity contribution is 0.00682. The molecule has 0 aliphatic heterocycles. The largest absolute Gasteiger partial charge is 0.456 e. The number of carbonyl (C=O) groups excluding carboxylic acids is 4. The lowest BCUT2D eigenvalue weighted by Gasteiger charge is -2.21. The van der Waals surface area contributed by atoms with E-state index in [1.807, 2.05) is 6.92 Å². The molecule has 0 radical (unpaired) electrons. The molecule has 3 aromatic carbocycles. The third-order valence-electron chi connectivity index (χ3n) is 8.60. The predicted molar refractivity (Wildman–Crippen MR) is 180 cm³/mol. The van der Waals surface area contributed by atoms with Gasteiger partial charge in [0.25, 0.3) is 11.8 Å². The van der Waals surface area contributed by atoms with Crippen molar-refractivity contribution in [3.63, 3.8) is 0 Å². The van der Waals surface area contributed by atoms with Gasteiger partial charge in [0.2, 0.25) is 0 Å². The highest BCUT2D eigenvalue weighted by Crippen LogP contribution is 2.35. The first-order valence-corrected chi connectivity index (χ1v) is 16.2. The highest BCUT2D eigenvalue weighted by Gasteiger charge is 2.31. The topological polar surface area (TPSA) is 132 Å². The molecule has 6 rings (SSSR count). The molecule has 2 aromatic heterocycles. The Morgan fingerprint density at radius 1 is 0.922 bits per heavy atom. The molecule has 13 heteroatoms. The molecule has 1 aliphatic carbocycles. The summed E-state index contributed by atoms with van der Waals surface area (Å²) < 4.78 is 48.3. The fourth-order valence-electron chi connectivity index (χ4n) is 6.09. The summed E-state index contributed by atoms with van der Waals surface area (Å²) in [7, 11) is 0. The Bertz CT molecular complexity index is 2230. The molecular formula is C38H34F3N5O5. The zero-order valence-corrected chi connectivity index (χ0v) is 28.3. The Morgan fingerprint density at radius 3 is 2.41 bits per heavy atom. The molecule has 0 unspecified atom stereocenters. The van der Waals surface area contributed by atoms with Gasteiger partial charge >= 0.3 is 5.97 Å². The van der Waals surface area contributed by atoms with Crippen LogP contribution in [0.5, 0.6) is 0 Å². The van der Waals surface area contributed by atoms with Crippen molar-refractivity contribution in [3.8, 4) is 0 Å². The van der Waals surface area contributed by atoms with Crippen molar-refractivity contribution < 1.29 is 37.1 Å². The van der Waals surface area contributed by atoms with E-state index in [1.165, 1.54) is 36.5 Å². The first-order chi connectivity index (χ1) is 24.2. The fourth-order valence-corrected chi connectivity index (χ4v) is 6.09. The van der Waals surface area contributed by atoms with Crippen molar-refractivity contribution in [2.45, 2.75) is 65.1 Å². The van der Waals surface area contributed by atoms with Gasteiger partial charge in [0.05, 0.1) is 23.4 Å². The van der Waals surface area contributed by atoms with Crippen LogP contribution >= 0.6 is 0 Å². The van der Waals surface area contributed by atoms with E-state index in [0.717, 1.165) is 33.3 Å². The van der Waals surface area contributed by atoms with Crippen LogP contribution in [0.3, 0.4) is 0 Å². The Labute approximate surface area is 291 Å². The number of Topliss-reactive ketones (excluding diaryl/α,β-unsaturated/α-hetero) is 1. The second kappa shape index (κ2) is 13.8. The van der Waals surface area contributed by atoms with E-state index >= 15 is 0 Å². The molecule has 0 fully saturated rings. The van der Waals surface area contributed by atoms with E-state index < -0.39 is 52.7 Å². The molecule has 5 aromatic rings. The summed E-state index contributed by atoms with van der Waals surface area (Å²) in [6.07, 6.45) is 1.99. The van der Waals surface area contributed by atoms with Crippen LogP contribution in [0.1, 0.15) is 103 Å². The Balaban J connectivity index is 1.32. The van der Waals surface area contributed by atoms with Crippen molar-refractivity contribution in [3.05, 3.63) is 135 Å².